The second-order valence-corrected chi connectivity index (χ2v) is 9.97. The Bertz CT molecular complexity index is 1740. The zero-order chi connectivity index (χ0) is 25.0. The van der Waals surface area contributed by atoms with Gasteiger partial charge in [-0.15, -0.1) is 0 Å². The van der Waals surface area contributed by atoms with Gasteiger partial charge < -0.3 is 4.42 Å². The van der Waals surface area contributed by atoms with Gasteiger partial charge in [-0.3, -0.25) is 4.98 Å². The number of furan rings is 1. The highest BCUT2D eigenvalue weighted by molar-refractivity contribution is 6.10. The Morgan fingerprint density at radius 3 is 2.00 bits per heavy atom. The van der Waals surface area contributed by atoms with Gasteiger partial charge in [-0.05, 0) is 109 Å². The van der Waals surface area contributed by atoms with Gasteiger partial charge in [0.1, 0.15) is 11.2 Å². The number of aryl methyl sites for hydroxylation is 5. The molecule has 36 heavy (non-hydrogen) atoms. The zero-order valence-corrected chi connectivity index (χ0v) is 21.4. The summed E-state index contributed by atoms with van der Waals surface area (Å²) in [5, 5.41) is 2.24. The Hall–Kier alpha value is -4.17. The minimum Gasteiger partial charge on any atom is -0.455 e. The number of benzene rings is 4. The van der Waals surface area contributed by atoms with Gasteiger partial charge in [0.25, 0.3) is 0 Å². The smallest absolute Gasteiger partial charge is 0.144 e. The first kappa shape index (κ1) is 22.3. The lowest BCUT2D eigenvalue weighted by Gasteiger charge is -2.12. The average molecular weight is 468 g/mol. The molecule has 0 spiro atoms. The Labute approximate surface area is 212 Å². The Balaban J connectivity index is 1.52. The van der Waals surface area contributed by atoms with Gasteiger partial charge in [-0.1, -0.05) is 54.1 Å². The van der Waals surface area contributed by atoms with Gasteiger partial charge in [-0.2, -0.15) is 0 Å². The number of nitrogens with zero attached hydrogens (tertiary/aromatic N) is 1. The molecule has 0 aliphatic carbocycles. The van der Waals surface area contributed by atoms with Crippen molar-refractivity contribution in [3.8, 4) is 33.5 Å². The van der Waals surface area contributed by atoms with Crippen molar-refractivity contribution < 1.29 is 4.42 Å². The fraction of sp³-hybridized carbons (Fsp3) is 0.147. The lowest BCUT2D eigenvalue weighted by atomic mass is 9.93. The van der Waals surface area contributed by atoms with E-state index in [2.05, 4.69) is 113 Å². The predicted molar refractivity (Wildman–Crippen MR) is 152 cm³/mol. The van der Waals surface area contributed by atoms with Crippen molar-refractivity contribution in [2.45, 2.75) is 34.6 Å². The third kappa shape index (κ3) is 3.61. The van der Waals surface area contributed by atoms with Crippen LogP contribution in [0.4, 0.5) is 0 Å². The summed E-state index contributed by atoms with van der Waals surface area (Å²) < 4.78 is 6.55. The molecule has 2 aromatic heterocycles. The van der Waals surface area contributed by atoms with Gasteiger partial charge >= 0.3 is 0 Å². The van der Waals surface area contributed by atoms with E-state index in [0.29, 0.717) is 0 Å². The van der Waals surface area contributed by atoms with Crippen LogP contribution in [0.3, 0.4) is 0 Å². The number of hydrogen-bond acceptors (Lipinski definition) is 2. The molecule has 0 unspecified atom stereocenters. The molecule has 0 saturated heterocycles. The Morgan fingerprint density at radius 1 is 0.583 bits per heavy atom. The van der Waals surface area contributed by atoms with Crippen molar-refractivity contribution in [3.63, 3.8) is 0 Å². The maximum atomic E-state index is 6.55. The van der Waals surface area contributed by atoms with Gasteiger partial charge in [0.15, 0.2) is 0 Å². The van der Waals surface area contributed by atoms with Crippen LogP contribution in [-0.4, -0.2) is 4.98 Å². The maximum absolute atomic E-state index is 6.55. The number of hydrogen-bond donors (Lipinski definition) is 0. The lowest BCUT2D eigenvalue weighted by Crippen LogP contribution is -1.92. The lowest BCUT2D eigenvalue weighted by molar-refractivity contribution is 0.670. The van der Waals surface area contributed by atoms with E-state index >= 15 is 0 Å². The summed E-state index contributed by atoms with van der Waals surface area (Å²) in [7, 11) is 0. The molecular weight excluding hydrogens is 438 g/mol. The normalized spacial score (nSPS) is 11.5. The molecule has 0 amide bonds. The predicted octanol–water partition coefficient (Wildman–Crippen LogP) is 9.52. The molecule has 6 aromatic rings. The summed E-state index contributed by atoms with van der Waals surface area (Å²) in [5.41, 5.74) is 15.0. The summed E-state index contributed by atoms with van der Waals surface area (Å²) in [5.74, 6) is 0. The molecule has 0 radical (unpaired) electrons. The molecule has 2 nitrogen and oxygen atoms in total. The third-order valence-corrected chi connectivity index (χ3v) is 7.27. The monoisotopic (exact) mass is 467 g/mol. The molecule has 0 atom stereocenters. The largest absolute Gasteiger partial charge is 0.455 e. The fourth-order valence-electron chi connectivity index (χ4n) is 5.79. The molecule has 0 aliphatic rings. The number of pyridine rings is 1. The van der Waals surface area contributed by atoms with Gasteiger partial charge in [0.2, 0.25) is 0 Å². The van der Waals surface area contributed by atoms with E-state index in [1.165, 1.54) is 50.1 Å². The molecular formula is C34H29NO. The van der Waals surface area contributed by atoms with E-state index in [0.717, 1.165) is 33.2 Å². The molecule has 0 aliphatic heterocycles. The minimum absolute atomic E-state index is 0.883. The van der Waals surface area contributed by atoms with Crippen LogP contribution in [0.5, 0.6) is 0 Å². The number of fused-ring (bicyclic) bond motifs is 3. The van der Waals surface area contributed by atoms with Crippen molar-refractivity contribution in [1.82, 2.24) is 4.98 Å². The van der Waals surface area contributed by atoms with Gasteiger partial charge in [-0.25, -0.2) is 0 Å². The fourth-order valence-corrected chi connectivity index (χ4v) is 5.79. The standard InChI is InChI=1S/C34H29NO/c1-20-16-23(4)33(24(5)17-20)26-14-15-35-30(18-26)29-11-7-10-28-27-13-12-25(19-31(27)36-34(28)29)32-21(2)8-6-9-22(32)3/h6-19H,1-5H3. The molecule has 0 fully saturated rings. The van der Waals surface area contributed by atoms with E-state index in [1.807, 2.05) is 6.20 Å². The van der Waals surface area contributed by atoms with Crippen LogP contribution in [0.2, 0.25) is 0 Å². The molecule has 176 valence electrons. The van der Waals surface area contributed by atoms with E-state index in [1.54, 1.807) is 0 Å². The van der Waals surface area contributed by atoms with Crippen molar-refractivity contribution in [2.24, 2.45) is 0 Å². The van der Waals surface area contributed by atoms with Crippen LogP contribution < -0.4 is 0 Å². The van der Waals surface area contributed by atoms with Crippen molar-refractivity contribution in [2.75, 3.05) is 0 Å². The zero-order valence-electron chi connectivity index (χ0n) is 21.4. The SMILES string of the molecule is Cc1cc(C)c(-c2ccnc(-c3cccc4c3oc3cc(-c5c(C)cccc5C)ccc34)c2)c(C)c1. The van der Waals surface area contributed by atoms with Crippen molar-refractivity contribution in [1.29, 1.82) is 0 Å². The van der Waals surface area contributed by atoms with Crippen LogP contribution in [0.1, 0.15) is 27.8 Å². The summed E-state index contributed by atoms with van der Waals surface area (Å²) in [6, 6.07) is 28.2. The summed E-state index contributed by atoms with van der Waals surface area (Å²) in [4.78, 5) is 4.76. The van der Waals surface area contributed by atoms with Crippen LogP contribution >= 0.6 is 0 Å². The van der Waals surface area contributed by atoms with E-state index in [4.69, 9.17) is 9.40 Å². The third-order valence-electron chi connectivity index (χ3n) is 7.27. The van der Waals surface area contributed by atoms with Gasteiger partial charge in [0.05, 0.1) is 5.69 Å². The van der Waals surface area contributed by atoms with Crippen LogP contribution in [0.15, 0.2) is 89.5 Å². The molecule has 2 heterocycles. The maximum Gasteiger partial charge on any atom is 0.144 e. The highest BCUT2D eigenvalue weighted by Gasteiger charge is 2.16. The van der Waals surface area contributed by atoms with Crippen molar-refractivity contribution >= 4 is 21.9 Å². The summed E-state index contributed by atoms with van der Waals surface area (Å²) in [6.07, 6.45) is 1.91. The van der Waals surface area contributed by atoms with E-state index in [-0.39, 0.29) is 0 Å². The number of rotatable bonds is 3. The Morgan fingerprint density at radius 2 is 1.25 bits per heavy atom. The van der Waals surface area contributed by atoms with Gasteiger partial charge in [0, 0.05) is 22.5 Å². The van der Waals surface area contributed by atoms with Crippen molar-refractivity contribution in [3.05, 3.63) is 113 Å². The van der Waals surface area contributed by atoms with E-state index in [9.17, 15) is 0 Å². The number of aromatic nitrogens is 1. The minimum atomic E-state index is 0.883. The molecule has 0 saturated carbocycles. The highest BCUT2D eigenvalue weighted by Crippen LogP contribution is 2.39. The molecule has 0 bridgehead atoms. The topological polar surface area (TPSA) is 26.0 Å². The molecule has 0 N–H and O–H groups in total. The van der Waals surface area contributed by atoms with Crippen LogP contribution in [0.25, 0.3) is 55.4 Å². The molecule has 2 heteroatoms. The molecule has 4 aromatic carbocycles. The Kier molecular flexibility index (Phi) is 5.26. The van der Waals surface area contributed by atoms with Crippen LogP contribution in [-0.2, 0) is 0 Å². The first-order valence-corrected chi connectivity index (χ1v) is 12.5. The van der Waals surface area contributed by atoms with Crippen LogP contribution in [0, 0.1) is 34.6 Å². The second kappa shape index (κ2) is 8.49. The summed E-state index contributed by atoms with van der Waals surface area (Å²) >= 11 is 0. The second-order valence-electron chi connectivity index (χ2n) is 9.97. The molecule has 6 rings (SSSR count). The number of para-hydroxylation sites is 1. The first-order valence-electron chi connectivity index (χ1n) is 12.5. The quantitative estimate of drug-likeness (QED) is 0.259. The summed E-state index contributed by atoms with van der Waals surface area (Å²) in [6.45, 7) is 10.8. The highest BCUT2D eigenvalue weighted by atomic mass is 16.3. The first-order chi connectivity index (χ1) is 17.4. The average Bonchev–Trinajstić information content (AvgIpc) is 3.21. The van der Waals surface area contributed by atoms with E-state index < -0.39 is 0 Å².